The molecule has 4 heterocycles. The van der Waals surface area contributed by atoms with Gasteiger partial charge in [-0.05, 0) is 32.8 Å². The van der Waals surface area contributed by atoms with Crippen molar-refractivity contribution < 1.29 is 13.9 Å². The van der Waals surface area contributed by atoms with E-state index in [9.17, 15) is 4.79 Å². The van der Waals surface area contributed by atoms with Crippen molar-refractivity contribution >= 4 is 22.8 Å². The topological polar surface area (TPSA) is 93.4 Å². The lowest BCUT2D eigenvalue weighted by atomic mass is 10.1. The largest absolute Gasteiger partial charge is 0.496 e. The van der Waals surface area contributed by atoms with Crippen molar-refractivity contribution in [1.29, 1.82) is 0 Å². The molecular weight excluding hydrogens is 358 g/mol. The number of nitrogens with one attached hydrogen (secondary N) is 1. The number of amides is 1. The minimum absolute atomic E-state index is 0.0218. The number of ether oxygens (including phenoxy) is 1. The first-order valence-corrected chi connectivity index (χ1v) is 9.31. The minimum atomic E-state index is -0.116. The molecule has 1 aliphatic carbocycles. The van der Waals surface area contributed by atoms with Gasteiger partial charge in [0.1, 0.15) is 23.7 Å². The van der Waals surface area contributed by atoms with Crippen molar-refractivity contribution in [2.75, 3.05) is 12.4 Å². The van der Waals surface area contributed by atoms with Crippen LogP contribution in [0.1, 0.15) is 47.1 Å². The molecule has 0 aromatic carbocycles. The van der Waals surface area contributed by atoms with E-state index in [0.717, 1.165) is 29.8 Å². The van der Waals surface area contributed by atoms with Crippen LogP contribution in [0.15, 0.2) is 23.0 Å². The number of carbonyl (C=O) groups excluding carboxylic acids is 1. The molecule has 1 aliphatic heterocycles. The number of anilines is 1. The monoisotopic (exact) mass is 379 g/mol. The Morgan fingerprint density at radius 2 is 2.11 bits per heavy atom. The normalized spacial score (nSPS) is 16.9. The first-order chi connectivity index (χ1) is 13.5. The van der Waals surface area contributed by atoms with E-state index in [0.29, 0.717) is 41.3 Å². The number of furan rings is 1. The van der Waals surface area contributed by atoms with Gasteiger partial charge in [0.05, 0.1) is 36.8 Å². The molecule has 3 aromatic heterocycles. The van der Waals surface area contributed by atoms with Gasteiger partial charge in [-0.25, -0.2) is 9.97 Å². The highest BCUT2D eigenvalue weighted by atomic mass is 16.5. The molecule has 8 heteroatoms. The van der Waals surface area contributed by atoms with Gasteiger partial charge < -0.3 is 19.4 Å². The Labute approximate surface area is 161 Å². The second-order valence-electron chi connectivity index (χ2n) is 7.72. The van der Waals surface area contributed by atoms with E-state index in [1.807, 2.05) is 6.07 Å². The Bertz CT molecular complexity index is 1100. The summed E-state index contributed by atoms with van der Waals surface area (Å²) in [5.74, 6) is 1.83. The van der Waals surface area contributed by atoms with Gasteiger partial charge in [0, 0.05) is 17.3 Å². The van der Waals surface area contributed by atoms with Crippen LogP contribution >= 0.6 is 0 Å². The molecule has 0 spiro atoms. The summed E-state index contributed by atoms with van der Waals surface area (Å²) in [4.78, 5) is 28.2. The second-order valence-corrected chi connectivity index (χ2v) is 7.72. The van der Waals surface area contributed by atoms with Crippen molar-refractivity contribution in [3.05, 3.63) is 41.2 Å². The summed E-state index contributed by atoms with van der Waals surface area (Å²) in [7, 11) is 1.63. The number of carbonyl (C=O) groups is 1. The molecule has 1 amide bonds. The van der Waals surface area contributed by atoms with E-state index >= 15 is 0 Å². The minimum Gasteiger partial charge on any atom is -0.496 e. The molecule has 8 nitrogen and oxygen atoms in total. The number of pyridine rings is 1. The highest BCUT2D eigenvalue weighted by molar-refractivity contribution is 6.10. The zero-order valence-electron chi connectivity index (χ0n) is 16.1. The third-order valence-electron chi connectivity index (χ3n) is 5.60. The van der Waals surface area contributed by atoms with Crippen LogP contribution in [-0.4, -0.2) is 38.4 Å². The van der Waals surface area contributed by atoms with Crippen molar-refractivity contribution in [1.82, 2.24) is 19.9 Å². The average Bonchev–Trinajstić information content (AvgIpc) is 3.11. The molecule has 1 fully saturated rings. The summed E-state index contributed by atoms with van der Waals surface area (Å²) < 4.78 is 11.2. The fraction of sp³-hybridized carbons (Fsp3) is 0.400. The van der Waals surface area contributed by atoms with Gasteiger partial charge in [-0.1, -0.05) is 0 Å². The Morgan fingerprint density at radius 3 is 2.86 bits per heavy atom. The van der Waals surface area contributed by atoms with Crippen LogP contribution in [-0.2, 0) is 13.1 Å². The lowest BCUT2D eigenvalue weighted by molar-refractivity contribution is 0.0750. The van der Waals surface area contributed by atoms with Crippen LogP contribution in [0.4, 0.5) is 5.82 Å². The van der Waals surface area contributed by atoms with Crippen LogP contribution < -0.4 is 10.1 Å². The Hall–Kier alpha value is -3.16. The molecule has 144 valence electrons. The quantitative estimate of drug-likeness (QED) is 0.744. The van der Waals surface area contributed by atoms with Gasteiger partial charge >= 0.3 is 0 Å². The van der Waals surface area contributed by atoms with Gasteiger partial charge in [0.15, 0.2) is 0 Å². The van der Waals surface area contributed by atoms with Crippen LogP contribution in [0.25, 0.3) is 11.1 Å². The number of hydrogen-bond acceptors (Lipinski definition) is 7. The summed E-state index contributed by atoms with van der Waals surface area (Å²) in [6.07, 6.45) is 5.32. The molecule has 0 radical (unpaired) electrons. The van der Waals surface area contributed by atoms with Gasteiger partial charge in [-0.15, -0.1) is 0 Å². The number of nitrogens with zero attached hydrogens (tertiary/aromatic N) is 4. The highest BCUT2D eigenvalue weighted by Crippen LogP contribution is 2.41. The van der Waals surface area contributed by atoms with E-state index < -0.39 is 0 Å². The van der Waals surface area contributed by atoms with Crippen LogP contribution in [0.2, 0.25) is 0 Å². The summed E-state index contributed by atoms with van der Waals surface area (Å²) in [5, 5.41) is 4.10. The number of rotatable bonds is 4. The van der Waals surface area contributed by atoms with Crippen molar-refractivity contribution in [2.45, 2.75) is 45.3 Å². The highest BCUT2D eigenvalue weighted by Gasteiger charge is 2.39. The van der Waals surface area contributed by atoms with E-state index in [1.54, 1.807) is 25.1 Å². The lowest BCUT2D eigenvalue weighted by Crippen LogP contribution is -2.26. The van der Waals surface area contributed by atoms with Gasteiger partial charge in [-0.3, -0.25) is 9.78 Å². The zero-order chi connectivity index (χ0) is 19.5. The van der Waals surface area contributed by atoms with Gasteiger partial charge in [0.25, 0.3) is 5.91 Å². The average molecular weight is 379 g/mol. The first-order valence-electron chi connectivity index (χ1n) is 9.31. The molecule has 3 aromatic rings. The van der Waals surface area contributed by atoms with Crippen molar-refractivity contribution in [3.8, 4) is 5.75 Å². The first kappa shape index (κ1) is 17.0. The molecule has 1 N–H and O–H groups in total. The number of hydrogen-bond donors (Lipinski definition) is 1. The summed E-state index contributed by atoms with van der Waals surface area (Å²) in [6.45, 7) is 4.82. The van der Waals surface area contributed by atoms with Crippen molar-refractivity contribution in [2.24, 2.45) is 0 Å². The molecule has 0 atom stereocenters. The molecule has 2 aliphatic rings. The second kappa shape index (κ2) is 5.92. The van der Waals surface area contributed by atoms with E-state index in [1.165, 1.54) is 6.33 Å². The Morgan fingerprint density at radius 1 is 1.29 bits per heavy atom. The number of methoxy groups -OCH3 is 1. The maximum absolute atomic E-state index is 13.5. The van der Waals surface area contributed by atoms with Crippen LogP contribution in [0, 0.1) is 6.92 Å². The van der Waals surface area contributed by atoms with E-state index in [4.69, 9.17) is 9.15 Å². The smallest absolute Gasteiger partial charge is 0.258 e. The Kier molecular flexibility index (Phi) is 3.59. The maximum atomic E-state index is 13.5. The third-order valence-corrected chi connectivity index (χ3v) is 5.60. The molecule has 0 bridgehead atoms. The third kappa shape index (κ3) is 2.59. The summed E-state index contributed by atoms with van der Waals surface area (Å²) in [6, 6.07) is 1.82. The SMILES string of the molecule is COc1ccnc2c1CN(C(=O)c1c(C)oc3ncnc(NC4(C)CC4)c13)C2. The van der Waals surface area contributed by atoms with E-state index in [-0.39, 0.29) is 11.4 Å². The predicted molar refractivity (Wildman–Crippen MR) is 102 cm³/mol. The summed E-state index contributed by atoms with van der Waals surface area (Å²) >= 11 is 0. The molecule has 1 saturated carbocycles. The zero-order valence-corrected chi connectivity index (χ0v) is 16.1. The fourth-order valence-corrected chi connectivity index (χ4v) is 3.74. The van der Waals surface area contributed by atoms with Crippen LogP contribution in [0.5, 0.6) is 5.75 Å². The standard InChI is InChI=1S/C20H21N5O3/c1-11-15(16-17(24-20(2)5-6-20)22-10-23-18(16)28-11)19(26)25-8-12-13(9-25)21-7-4-14(12)27-3/h4,7,10H,5-6,8-9H2,1-3H3,(H,22,23,24). The van der Waals surface area contributed by atoms with Gasteiger partial charge in [-0.2, -0.15) is 0 Å². The maximum Gasteiger partial charge on any atom is 0.258 e. The van der Waals surface area contributed by atoms with Crippen molar-refractivity contribution in [3.63, 3.8) is 0 Å². The molecule has 5 rings (SSSR count). The molecule has 0 saturated heterocycles. The molecule has 28 heavy (non-hydrogen) atoms. The lowest BCUT2D eigenvalue weighted by Gasteiger charge is -2.17. The fourth-order valence-electron chi connectivity index (χ4n) is 3.74. The summed E-state index contributed by atoms with van der Waals surface area (Å²) in [5.41, 5.74) is 2.76. The van der Waals surface area contributed by atoms with Crippen LogP contribution in [0.3, 0.4) is 0 Å². The molecule has 0 unspecified atom stereocenters. The van der Waals surface area contributed by atoms with Gasteiger partial charge in [0.2, 0.25) is 5.71 Å². The predicted octanol–water partition coefficient (Wildman–Crippen LogP) is 3.06. The molecular formula is C20H21N5O3. The number of aryl methyl sites for hydroxylation is 1. The number of fused-ring (bicyclic) bond motifs is 2. The number of aromatic nitrogens is 3. The van der Waals surface area contributed by atoms with E-state index in [2.05, 4.69) is 27.2 Å². The Balaban J connectivity index is 1.54.